The maximum atomic E-state index is 12.5. The number of esters is 2. The Morgan fingerprint density at radius 2 is 0.719 bits per heavy atom. The molecule has 0 saturated carbocycles. The van der Waals surface area contributed by atoms with Crippen LogP contribution in [0.5, 0.6) is 0 Å². The summed E-state index contributed by atoms with van der Waals surface area (Å²) in [5, 5.41) is 0. The summed E-state index contributed by atoms with van der Waals surface area (Å²) in [5.74, 6) is -1.25. The molecule has 0 bridgehead atoms. The minimum Gasteiger partial charge on any atom is -0.469 e. The van der Waals surface area contributed by atoms with Gasteiger partial charge in [0, 0.05) is 0 Å². The zero-order valence-electron chi connectivity index (χ0n) is 21.9. The molecule has 0 aliphatic rings. The fourth-order valence-corrected chi connectivity index (χ4v) is 4.62. The molecular formula is C28H54O4. The Bertz CT molecular complexity index is 435. The molecule has 4 heteroatoms. The van der Waals surface area contributed by atoms with E-state index >= 15 is 0 Å². The number of hydrogen-bond acceptors (Lipinski definition) is 4. The summed E-state index contributed by atoms with van der Waals surface area (Å²) in [4.78, 5) is 24.9. The highest BCUT2D eigenvalue weighted by atomic mass is 16.5. The largest absolute Gasteiger partial charge is 0.469 e. The second kappa shape index (κ2) is 23.1. The van der Waals surface area contributed by atoms with Crippen LogP contribution in [-0.4, -0.2) is 26.2 Å². The molecule has 0 aliphatic heterocycles. The van der Waals surface area contributed by atoms with E-state index in [0.29, 0.717) is 0 Å². The first kappa shape index (κ1) is 30.9. The molecule has 0 aliphatic carbocycles. The lowest BCUT2D eigenvalue weighted by Gasteiger charge is -2.23. The van der Waals surface area contributed by atoms with Crippen molar-refractivity contribution in [3.05, 3.63) is 0 Å². The smallest absolute Gasteiger partial charge is 0.309 e. The van der Waals surface area contributed by atoms with Crippen LogP contribution >= 0.6 is 0 Å². The maximum absolute atomic E-state index is 12.5. The summed E-state index contributed by atoms with van der Waals surface area (Å²) in [6.45, 7) is 4.49. The van der Waals surface area contributed by atoms with Crippen molar-refractivity contribution in [1.82, 2.24) is 0 Å². The number of unbranched alkanes of at least 4 members (excludes halogenated alkanes) is 16. The van der Waals surface area contributed by atoms with E-state index in [-0.39, 0.29) is 23.8 Å². The first-order valence-electron chi connectivity index (χ1n) is 13.8. The van der Waals surface area contributed by atoms with Crippen molar-refractivity contribution < 1.29 is 19.1 Å². The molecule has 190 valence electrons. The van der Waals surface area contributed by atoms with Gasteiger partial charge < -0.3 is 9.47 Å². The van der Waals surface area contributed by atoms with Crippen molar-refractivity contribution in [3.63, 3.8) is 0 Å². The second-order valence-corrected chi connectivity index (χ2v) is 9.49. The molecule has 0 rings (SSSR count). The summed E-state index contributed by atoms with van der Waals surface area (Å²) >= 11 is 0. The van der Waals surface area contributed by atoms with Gasteiger partial charge in [0.05, 0.1) is 26.1 Å². The van der Waals surface area contributed by atoms with Crippen LogP contribution in [0.25, 0.3) is 0 Å². The van der Waals surface area contributed by atoms with Crippen LogP contribution in [0.2, 0.25) is 0 Å². The lowest BCUT2D eigenvalue weighted by Crippen LogP contribution is -2.32. The van der Waals surface area contributed by atoms with Crippen LogP contribution in [0.3, 0.4) is 0 Å². The van der Waals surface area contributed by atoms with Gasteiger partial charge in [0.15, 0.2) is 0 Å². The van der Waals surface area contributed by atoms with Crippen molar-refractivity contribution in [2.45, 2.75) is 142 Å². The highest BCUT2D eigenvalue weighted by Gasteiger charge is 2.34. The van der Waals surface area contributed by atoms with Gasteiger partial charge in [-0.15, -0.1) is 0 Å². The van der Waals surface area contributed by atoms with Gasteiger partial charge in [-0.3, -0.25) is 9.59 Å². The Balaban J connectivity index is 4.30. The second-order valence-electron chi connectivity index (χ2n) is 9.49. The summed E-state index contributed by atoms with van der Waals surface area (Å²) in [6.07, 6.45) is 23.8. The van der Waals surface area contributed by atoms with Crippen LogP contribution in [0.1, 0.15) is 142 Å². The predicted molar refractivity (Wildman–Crippen MR) is 135 cm³/mol. The van der Waals surface area contributed by atoms with E-state index in [1.165, 1.54) is 104 Å². The minimum absolute atomic E-state index is 0.254. The molecule has 32 heavy (non-hydrogen) atoms. The number of carbonyl (C=O) groups excluding carboxylic acids is 2. The average molecular weight is 455 g/mol. The highest BCUT2D eigenvalue weighted by molar-refractivity contribution is 5.81. The Morgan fingerprint density at radius 1 is 0.469 bits per heavy atom. The van der Waals surface area contributed by atoms with E-state index < -0.39 is 0 Å². The van der Waals surface area contributed by atoms with Crippen molar-refractivity contribution >= 4 is 11.9 Å². The molecule has 0 spiro atoms. The summed E-state index contributed by atoms with van der Waals surface area (Å²) in [5.41, 5.74) is 0. The fraction of sp³-hybridized carbons (Fsp3) is 0.929. The number of hydrogen-bond donors (Lipinski definition) is 0. The van der Waals surface area contributed by atoms with Crippen LogP contribution in [-0.2, 0) is 19.1 Å². The number of methoxy groups -OCH3 is 2. The van der Waals surface area contributed by atoms with E-state index in [0.717, 1.165) is 38.5 Å². The van der Waals surface area contributed by atoms with E-state index in [9.17, 15) is 9.59 Å². The quantitative estimate of drug-likeness (QED) is 0.115. The molecule has 0 aromatic rings. The molecule has 0 amide bonds. The van der Waals surface area contributed by atoms with Crippen molar-refractivity contribution in [2.24, 2.45) is 11.8 Å². The molecule has 4 nitrogen and oxygen atoms in total. The van der Waals surface area contributed by atoms with Gasteiger partial charge in [-0.1, -0.05) is 129 Å². The van der Waals surface area contributed by atoms with E-state index in [4.69, 9.17) is 9.47 Å². The summed E-state index contributed by atoms with van der Waals surface area (Å²) in [7, 11) is 2.86. The molecule has 0 fully saturated rings. The molecular weight excluding hydrogens is 400 g/mol. The van der Waals surface area contributed by atoms with Crippen LogP contribution < -0.4 is 0 Å². The van der Waals surface area contributed by atoms with Crippen LogP contribution in [0.4, 0.5) is 0 Å². The number of carbonyl (C=O) groups is 2. The van der Waals surface area contributed by atoms with Gasteiger partial charge >= 0.3 is 11.9 Å². The zero-order chi connectivity index (χ0) is 23.9. The topological polar surface area (TPSA) is 52.6 Å². The normalized spacial score (nSPS) is 13.0. The summed E-state index contributed by atoms with van der Waals surface area (Å²) < 4.78 is 10.1. The van der Waals surface area contributed by atoms with Gasteiger partial charge in [0.25, 0.3) is 0 Å². The molecule has 0 aromatic heterocycles. The predicted octanol–water partition coefficient (Wildman–Crippen LogP) is 8.41. The number of rotatable bonds is 23. The number of ether oxygens (including phenoxy) is 2. The fourth-order valence-electron chi connectivity index (χ4n) is 4.62. The van der Waals surface area contributed by atoms with Crippen molar-refractivity contribution in [1.29, 1.82) is 0 Å². The maximum Gasteiger partial charge on any atom is 0.309 e. The van der Waals surface area contributed by atoms with Gasteiger partial charge in [-0.25, -0.2) is 0 Å². The first-order valence-corrected chi connectivity index (χ1v) is 13.8. The first-order chi connectivity index (χ1) is 15.6. The van der Waals surface area contributed by atoms with Gasteiger partial charge in [0.2, 0.25) is 0 Å². The molecule has 0 aromatic carbocycles. The minimum atomic E-state index is -0.369. The van der Waals surface area contributed by atoms with Gasteiger partial charge in [-0.2, -0.15) is 0 Å². The third kappa shape index (κ3) is 16.6. The molecule has 0 radical (unpaired) electrons. The monoisotopic (exact) mass is 454 g/mol. The van der Waals surface area contributed by atoms with E-state index in [1.54, 1.807) is 0 Å². The molecule has 0 N–H and O–H groups in total. The molecule has 0 saturated heterocycles. The third-order valence-electron chi connectivity index (χ3n) is 6.73. The molecule has 2 unspecified atom stereocenters. The Kier molecular flexibility index (Phi) is 22.3. The summed E-state index contributed by atoms with van der Waals surface area (Å²) in [6, 6.07) is 0. The van der Waals surface area contributed by atoms with Gasteiger partial charge in [0.1, 0.15) is 0 Å². The standard InChI is InChI=1S/C28H54O4/c1-5-7-9-11-13-15-16-18-20-22-24-26(28(30)32-4)25(27(29)31-3)23-21-19-17-14-12-10-8-6-2/h25-26H,5-24H2,1-4H3. The zero-order valence-corrected chi connectivity index (χ0v) is 21.9. The van der Waals surface area contributed by atoms with Crippen molar-refractivity contribution in [2.75, 3.05) is 14.2 Å². The average Bonchev–Trinajstić information content (AvgIpc) is 2.81. The highest BCUT2D eigenvalue weighted by Crippen LogP contribution is 2.28. The van der Waals surface area contributed by atoms with Crippen LogP contribution in [0, 0.1) is 11.8 Å². The lowest BCUT2D eigenvalue weighted by molar-refractivity contribution is -0.158. The Morgan fingerprint density at radius 3 is 0.969 bits per heavy atom. The third-order valence-corrected chi connectivity index (χ3v) is 6.73. The van der Waals surface area contributed by atoms with Crippen LogP contribution in [0.15, 0.2) is 0 Å². The Labute approximate surface area is 199 Å². The molecule has 0 heterocycles. The van der Waals surface area contributed by atoms with Gasteiger partial charge in [-0.05, 0) is 12.8 Å². The van der Waals surface area contributed by atoms with Crippen molar-refractivity contribution in [3.8, 4) is 0 Å². The Hall–Kier alpha value is -1.06. The van der Waals surface area contributed by atoms with E-state index in [1.807, 2.05) is 0 Å². The SMILES string of the molecule is CCCCCCCCCCCCC(C(=O)OC)C(CCCCCCCCCC)C(=O)OC. The van der Waals surface area contributed by atoms with E-state index in [2.05, 4.69) is 13.8 Å². The molecule has 2 atom stereocenters. The lowest BCUT2D eigenvalue weighted by atomic mass is 9.83.